The SMILES string of the molecule is COC(=O)c1cccc(N2C(=O)C(Cl)=C(Nc3ccc(CC(=O)N(C)c4ccccc4)cc3)C2=O)c1. The summed E-state index contributed by atoms with van der Waals surface area (Å²) in [5.41, 5.74) is 2.40. The number of likely N-dealkylation sites (N-methyl/N-ethyl adjacent to an activating group) is 1. The first-order valence-electron chi connectivity index (χ1n) is 10.9. The second-order valence-corrected chi connectivity index (χ2v) is 8.34. The van der Waals surface area contributed by atoms with Crippen LogP contribution in [0.1, 0.15) is 15.9 Å². The molecule has 0 saturated heterocycles. The van der Waals surface area contributed by atoms with E-state index in [2.05, 4.69) is 5.32 Å². The highest BCUT2D eigenvalue weighted by molar-refractivity contribution is 6.53. The Morgan fingerprint density at radius 3 is 2.31 bits per heavy atom. The fourth-order valence-corrected chi connectivity index (χ4v) is 3.89. The lowest BCUT2D eigenvalue weighted by molar-refractivity contribution is -0.120. The molecule has 0 fully saturated rings. The van der Waals surface area contributed by atoms with Crippen molar-refractivity contribution in [2.45, 2.75) is 6.42 Å². The van der Waals surface area contributed by atoms with Crippen LogP contribution >= 0.6 is 11.6 Å². The van der Waals surface area contributed by atoms with Crippen LogP contribution in [0.4, 0.5) is 17.1 Å². The first kappa shape index (κ1) is 24.7. The fraction of sp³-hybridized carbons (Fsp3) is 0.111. The van der Waals surface area contributed by atoms with Crippen LogP contribution in [-0.2, 0) is 25.5 Å². The van der Waals surface area contributed by atoms with Gasteiger partial charge in [0.15, 0.2) is 0 Å². The van der Waals surface area contributed by atoms with E-state index in [0.29, 0.717) is 5.69 Å². The molecule has 1 N–H and O–H groups in total. The molecule has 4 rings (SSSR count). The monoisotopic (exact) mass is 503 g/mol. The summed E-state index contributed by atoms with van der Waals surface area (Å²) >= 11 is 6.20. The van der Waals surface area contributed by atoms with E-state index in [1.54, 1.807) is 36.2 Å². The summed E-state index contributed by atoms with van der Waals surface area (Å²) in [5, 5.41) is 2.63. The van der Waals surface area contributed by atoms with Crippen molar-refractivity contribution in [3.63, 3.8) is 0 Å². The Kier molecular flexibility index (Phi) is 7.17. The Morgan fingerprint density at radius 1 is 0.944 bits per heavy atom. The smallest absolute Gasteiger partial charge is 0.337 e. The van der Waals surface area contributed by atoms with E-state index < -0.39 is 17.8 Å². The molecule has 0 spiro atoms. The summed E-state index contributed by atoms with van der Waals surface area (Å²) in [7, 11) is 2.96. The summed E-state index contributed by atoms with van der Waals surface area (Å²) in [4.78, 5) is 52.7. The number of benzene rings is 3. The van der Waals surface area contributed by atoms with Gasteiger partial charge in [0.05, 0.1) is 24.8 Å². The number of methoxy groups -OCH3 is 1. The number of esters is 1. The van der Waals surface area contributed by atoms with Crippen molar-refractivity contribution in [3.05, 3.63) is 101 Å². The Labute approximate surface area is 212 Å². The van der Waals surface area contributed by atoms with E-state index in [9.17, 15) is 19.2 Å². The topological polar surface area (TPSA) is 96.0 Å². The highest BCUT2D eigenvalue weighted by Gasteiger charge is 2.39. The summed E-state index contributed by atoms with van der Waals surface area (Å²) in [6, 6.07) is 22.2. The second-order valence-electron chi connectivity index (χ2n) is 7.96. The molecular formula is C27H22ClN3O5. The molecule has 182 valence electrons. The van der Waals surface area contributed by atoms with Gasteiger partial charge in [-0.1, -0.05) is 48.0 Å². The van der Waals surface area contributed by atoms with Crippen LogP contribution in [-0.4, -0.2) is 37.8 Å². The molecule has 3 amide bonds. The van der Waals surface area contributed by atoms with E-state index >= 15 is 0 Å². The van der Waals surface area contributed by atoms with E-state index in [1.807, 2.05) is 30.3 Å². The molecule has 0 bridgehead atoms. The van der Waals surface area contributed by atoms with Gasteiger partial charge in [-0.2, -0.15) is 0 Å². The van der Waals surface area contributed by atoms with Crippen LogP contribution < -0.4 is 15.1 Å². The van der Waals surface area contributed by atoms with Gasteiger partial charge in [-0.25, -0.2) is 9.69 Å². The molecule has 0 aromatic heterocycles. The van der Waals surface area contributed by atoms with Crippen molar-refractivity contribution >= 4 is 52.4 Å². The van der Waals surface area contributed by atoms with Gasteiger partial charge < -0.3 is 15.0 Å². The minimum atomic E-state index is -0.711. The zero-order valence-electron chi connectivity index (χ0n) is 19.5. The van der Waals surface area contributed by atoms with Crippen molar-refractivity contribution < 1.29 is 23.9 Å². The van der Waals surface area contributed by atoms with Crippen LogP contribution in [0.5, 0.6) is 0 Å². The number of halogens is 1. The molecule has 36 heavy (non-hydrogen) atoms. The molecule has 1 aliphatic rings. The third-order valence-corrected chi connectivity index (χ3v) is 6.00. The third-order valence-electron chi connectivity index (χ3n) is 5.65. The number of hydrogen-bond donors (Lipinski definition) is 1. The number of imide groups is 1. The number of nitrogens with zero attached hydrogens (tertiary/aromatic N) is 2. The van der Waals surface area contributed by atoms with Crippen LogP contribution in [0, 0.1) is 0 Å². The predicted molar refractivity (Wildman–Crippen MR) is 137 cm³/mol. The molecule has 0 saturated carbocycles. The summed E-state index contributed by atoms with van der Waals surface area (Å²) in [6.07, 6.45) is 0.191. The number of hydrogen-bond acceptors (Lipinski definition) is 6. The zero-order valence-corrected chi connectivity index (χ0v) is 20.3. The van der Waals surface area contributed by atoms with E-state index in [-0.39, 0.29) is 34.3 Å². The Hall–Kier alpha value is -4.43. The summed E-state index contributed by atoms with van der Waals surface area (Å²) < 4.78 is 4.70. The normalized spacial score (nSPS) is 13.1. The van der Waals surface area contributed by atoms with Gasteiger partial charge in [0.1, 0.15) is 10.7 Å². The lowest BCUT2D eigenvalue weighted by Crippen LogP contribution is -2.32. The van der Waals surface area contributed by atoms with Crippen LogP contribution in [0.15, 0.2) is 89.6 Å². The highest BCUT2D eigenvalue weighted by atomic mass is 35.5. The first-order chi connectivity index (χ1) is 17.3. The summed E-state index contributed by atoms with van der Waals surface area (Å²) in [5.74, 6) is -2.04. The molecule has 0 radical (unpaired) electrons. The molecule has 8 nitrogen and oxygen atoms in total. The van der Waals surface area contributed by atoms with Gasteiger partial charge in [0.25, 0.3) is 11.8 Å². The van der Waals surface area contributed by atoms with Gasteiger partial charge in [-0.3, -0.25) is 14.4 Å². The van der Waals surface area contributed by atoms with Gasteiger partial charge >= 0.3 is 5.97 Å². The van der Waals surface area contributed by atoms with Crippen LogP contribution in [0.25, 0.3) is 0 Å². The molecular weight excluding hydrogens is 482 g/mol. The minimum Gasteiger partial charge on any atom is -0.465 e. The molecule has 0 unspecified atom stereocenters. The maximum absolute atomic E-state index is 13.0. The van der Waals surface area contributed by atoms with Crippen molar-refractivity contribution in [1.82, 2.24) is 0 Å². The molecule has 9 heteroatoms. The van der Waals surface area contributed by atoms with Gasteiger partial charge in [0.2, 0.25) is 5.91 Å². The van der Waals surface area contributed by atoms with Crippen molar-refractivity contribution in [1.29, 1.82) is 0 Å². The quantitative estimate of drug-likeness (QED) is 0.385. The largest absolute Gasteiger partial charge is 0.465 e. The summed E-state index contributed by atoms with van der Waals surface area (Å²) in [6.45, 7) is 0. The molecule has 0 aliphatic carbocycles. The Balaban J connectivity index is 1.46. The molecule has 3 aromatic carbocycles. The maximum atomic E-state index is 13.0. The first-order valence-corrected chi connectivity index (χ1v) is 11.3. The number of para-hydroxylation sites is 1. The average molecular weight is 504 g/mol. The third kappa shape index (κ3) is 4.99. The van der Waals surface area contributed by atoms with E-state index in [1.165, 1.54) is 31.4 Å². The van der Waals surface area contributed by atoms with Gasteiger partial charge in [-0.15, -0.1) is 0 Å². The van der Waals surface area contributed by atoms with E-state index in [4.69, 9.17) is 16.3 Å². The van der Waals surface area contributed by atoms with E-state index in [0.717, 1.165) is 16.2 Å². The number of carbonyl (C=O) groups is 4. The lowest BCUT2D eigenvalue weighted by Gasteiger charge is -2.17. The molecule has 3 aromatic rings. The van der Waals surface area contributed by atoms with Crippen molar-refractivity contribution in [2.24, 2.45) is 0 Å². The van der Waals surface area contributed by atoms with Crippen molar-refractivity contribution in [2.75, 3.05) is 29.3 Å². The zero-order chi connectivity index (χ0) is 25.8. The van der Waals surface area contributed by atoms with Crippen LogP contribution in [0.2, 0.25) is 0 Å². The van der Waals surface area contributed by atoms with Gasteiger partial charge in [0, 0.05) is 18.4 Å². The minimum absolute atomic E-state index is 0.0749. The van der Waals surface area contributed by atoms with Crippen LogP contribution in [0.3, 0.4) is 0 Å². The Bertz CT molecular complexity index is 1370. The maximum Gasteiger partial charge on any atom is 0.337 e. The van der Waals surface area contributed by atoms with Crippen molar-refractivity contribution in [3.8, 4) is 0 Å². The fourth-order valence-electron chi connectivity index (χ4n) is 3.67. The number of nitrogens with one attached hydrogen (secondary N) is 1. The number of anilines is 3. The Morgan fingerprint density at radius 2 is 1.64 bits per heavy atom. The van der Waals surface area contributed by atoms with Gasteiger partial charge in [-0.05, 0) is 48.0 Å². The predicted octanol–water partition coefficient (Wildman–Crippen LogP) is 4.11. The number of ether oxygens (including phenoxy) is 1. The highest BCUT2D eigenvalue weighted by Crippen LogP contribution is 2.30. The molecule has 0 atom stereocenters. The number of carbonyl (C=O) groups excluding carboxylic acids is 4. The molecule has 1 heterocycles. The standard InChI is InChI=1S/C27H22ClN3O5/c1-30(20-8-4-3-5-9-20)22(32)15-17-11-13-19(14-12-17)29-24-23(28)25(33)31(26(24)34)21-10-6-7-18(16-21)27(35)36-2/h3-14,16,29H,15H2,1-2H3. The molecule has 1 aliphatic heterocycles. The number of rotatable bonds is 7. The average Bonchev–Trinajstić information content (AvgIpc) is 3.12. The lowest BCUT2D eigenvalue weighted by atomic mass is 10.1. The second kappa shape index (κ2) is 10.5. The number of amides is 3.